The summed E-state index contributed by atoms with van der Waals surface area (Å²) in [7, 11) is 1.50. The van der Waals surface area contributed by atoms with Crippen LogP contribution in [0.3, 0.4) is 0 Å². The Hall–Kier alpha value is -2.38. The van der Waals surface area contributed by atoms with Crippen molar-refractivity contribution in [1.82, 2.24) is 4.90 Å². The van der Waals surface area contributed by atoms with Gasteiger partial charge in [-0.25, -0.2) is 0 Å². The number of nitrogens with zero attached hydrogens (tertiary/aromatic N) is 1. The third-order valence-corrected chi connectivity index (χ3v) is 4.07. The van der Waals surface area contributed by atoms with Crippen molar-refractivity contribution < 1.29 is 24.2 Å². The molecule has 6 nitrogen and oxygen atoms in total. The van der Waals surface area contributed by atoms with Gasteiger partial charge in [0.25, 0.3) is 5.91 Å². The molecule has 0 aliphatic carbocycles. The minimum atomic E-state index is -1.07. The normalized spacial score (nSPS) is 10.4. The van der Waals surface area contributed by atoms with Gasteiger partial charge in [0.1, 0.15) is 18.9 Å². The molecule has 0 aliphatic heterocycles. The maximum atomic E-state index is 12.5. The van der Waals surface area contributed by atoms with Gasteiger partial charge in [-0.2, -0.15) is 0 Å². The van der Waals surface area contributed by atoms with Crippen molar-refractivity contribution in [2.45, 2.75) is 6.61 Å². The van der Waals surface area contributed by atoms with Crippen molar-refractivity contribution in [2.24, 2.45) is 0 Å². The van der Waals surface area contributed by atoms with Crippen molar-refractivity contribution >= 4 is 23.2 Å². The predicted octanol–water partition coefficient (Wildman–Crippen LogP) is 2.50. The molecule has 0 saturated carbocycles. The minimum Gasteiger partial charge on any atom is -0.488 e. The Labute approximate surface area is 144 Å². The number of carboxylic acids is 1. The van der Waals surface area contributed by atoms with E-state index in [9.17, 15) is 9.59 Å². The van der Waals surface area contributed by atoms with Crippen LogP contribution in [0.5, 0.6) is 5.75 Å². The van der Waals surface area contributed by atoms with Gasteiger partial charge >= 0.3 is 5.97 Å². The highest BCUT2D eigenvalue weighted by Gasteiger charge is 2.18. The Morgan fingerprint density at radius 3 is 2.75 bits per heavy atom. The molecule has 1 aromatic carbocycles. The van der Waals surface area contributed by atoms with Crippen LogP contribution in [0.4, 0.5) is 0 Å². The fourth-order valence-electron chi connectivity index (χ4n) is 2.07. The van der Waals surface area contributed by atoms with Gasteiger partial charge in [-0.05, 0) is 29.6 Å². The van der Waals surface area contributed by atoms with Gasteiger partial charge in [0.2, 0.25) is 0 Å². The van der Waals surface area contributed by atoms with Crippen molar-refractivity contribution in [2.75, 3.05) is 26.8 Å². The van der Waals surface area contributed by atoms with Crippen molar-refractivity contribution in [3.63, 3.8) is 0 Å². The van der Waals surface area contributed by atoms with Gasteiger partial charge in [0, 0.05) is 24.1 Å². The van der Waals surface area contributed by atoms with E-state index in [0.717, 1.165) is 4.88 Å². The number of methoxy groups -OCH3 is 1. The molecule has 0 radical (unpaired) electrons. The number of ether oxygens (including phenoxy) is 2. The third kappa shape index (κ3) is 5.36. The number of carbonyl (C=O) groups is 2. The summed E-state index contributed by atoms with van der Waals surface area (Å²) >= 11 is 1.59. The van der Waals surface area contributed by atoms with Crippen LogP contribution in [0.1, 0.15) is 15.2 Å². The average Bonchev–Trinajstić information content (AvgIpc) is 3.09. The van der Waals surface area contributed by atoms with E-state index in [1.165, 1.54) is 12.0 Å². The number of hydrogen-bond acceptors (Lipinski definition) is 5. The number of aliphatic carboxylic acids is 1. The molecular formula is C17H19NO5S. The maximum absolute atomic E-state index is 12.5. The van der Waals surface area contributed by atoms with Crippen LogP contribution in [0.15, 0.2) is 41.8 Å². The zero-order chi connectivity index (χ0) is 17.4. The first-order valence-corrected chi connectivity index (χ1v) is 8.23. The number of benzene rings is 1. The van der Waals surface area contributed by atoms with E-state index in [0.29, 0.717) is 17.9 Å². The molecule has 0 fully saturated rings. The second kappa shape index (κ2) is 9.05. The van der Waals surface area contributed by atoms with Gasteiger partial charge in [0.15, 0.2) is 0 Å². The lowest BCUT2D eigenvalue weighted by Crippen LogP contribution is -2.38. The highest BCUT2D eigenvalue weighted by atomic mass is 32.1. The first-order chi connectivity index (χ1) is 11.6. The van der Waals surface area contributed by atoms with Crippen LogP contribution in [0.2, 0.25) is 0 Å². The second-order valence-corrected chi connectivity index (χ2v) is 6.04. The number of carbonyl (C=O) groups excluding carboxylic acids is 1. The molecule has 128 valence electrons. The van der Waals surface area contributed by atoms with E-state index in [2.05, 4.69) is 0 Å². The van der Waals surface area contributed by atoms with Crippen LogP contribution in [0, 0.1) is 0 Å². The van der Waals surface area contributed by atoms with Gasteiger partial charge < -0.3 is 19.5 Å². The molecule has 2 rings (SSSR count). The quantitative estimate of drug-likeness (QED) is 0.753. The smallest absolute Gasteiger partial charge is 0.323 e. The van der Waals surface area contributed by atoms with Gasteiger partial charge in [-0.15, -0.1) is 11.3 Å². The number of rotatable bonds is 9. The van der Waals surface area contributed by atoms with Crippen LogP contribution in [-0.2, 0) is 16.1 Å². The number of thiophene rings is 1. The van der Waals surface area contributed by atoms with E-state index in [-0.39, 0.29) is 25.6 Å². The van der Waals surface area contributed by atoms with Crippen molar-refractivity contribution in [3.8, 4) is 5.75 Å². The topological polar surface area (TPSA) is 76.1 Å². The molecule has 0 aliphatic rings. The molecule has 24 heavy (non-hydrogen) atoms. The largest absolute Gasteiger partial charge is 0.488 e. The molecule has 1 aromatic heterocycles. The van der Waals surface area contributed by atoms with Gasteiger partial charge in [-0.1, -0.05) is 12.1 Å². The molecule has 1 amide bonds. The summed E-state index contributed by atoms with van der Waals surface area (Å²) in [4.78, 5) is 25.8. The second-order valence-electron chi connectivity index (χ2n) is 5.01. The summed E-state index contributed by atoms with van der Waals surface area (Å²) in [6.45, 7) is 0.538. The Bertz CT molecular complexity index is 671. The molecule has 0 bridgehead atoms. The Morgan fingerprint density at radius 1 is 1.25 bits per heavy atom. The zero-order valence-electron chi connectivity index (χ0n) is 13.3. The van der Waals surface area contributed by atoms with Gasteiger partial charge in [0.05, 0.1) is 6.61 Å². The summed E-state index contributed by atoms with van der Waals surface area (Å²) in [5, 5.41) is 10.9. The van der Waals surface area contributed by atoms with Crippen LogP contribution in [0.25, 0.3) is 0 Å². The van der Waals surface area contributed by atoms with E-state index in [1.807, 2.05) is 17.5 Å². The molecule has 0 saturated heterocycles. The summed E-state index contributed by atoms with van der Waals surface area (Å²) in [5.41, 5.74) is 0.385. The lowest BCUT2D eigenvalue weighted by atomic mass is 10.2. The van der Waals surface area contributed by atoms with Crippen LogP contribution >= 0.6 is 11.3 Å². The molecule has 0 unspecified atom stereocenters. The van der Waals surface area contributed by atoms with Crippen LogP contribution < -0.4 is 4.74 Å². The van der Waals surface area contributed by atoms with E-state index >= 15 is 0 Å². The highest BCUT2D eigenvalue weighted by Crippen LogP contribution is 2.18. The summed E-state index contributed by atoms with van der Waals surface area (Å²) in [6, 6.07) is 10.7. The molecule has 1 heterocycles. The summed E-state index contributed by atoms with van der Waals surface area (Å²) in [6.07, 6.45) is 0. The molecule has 1 N–H and O–H groups in total. The van der Waals surface area contributed by atoms with E-state index < -0.39 is 5.97 Å². The van der Waals surface area contributed by atoms with Crippen molar-refractivity contribution in [1.29, 1.82) is 0 Å². The Balaban J connectivity index is 2.06. The standard InChI is InChI=1S/C17H19NO5S/c1-22-8-7-18(11-16(19)20)17(21)13-4-2-5-14(10-13)23-12-15-6-3-9-24-15/h2-6,9-10H,7-8,11-12H2,1H3,(H,19,20). The van der Waals surface area contributed by atoms with E-state index in [4.69, 9.17) is 14.6 Å². The predicted molar refractivity (Wildman–Crippen MR) is 90.5 cm³/mol. The number of hydrogen-bond donors (Lipinski definition) is 1. The molecular weight excluding hydrogens is 330 g/mol. The molecule has 0 atom stereocenters. The average molecular weight is 349 g/mol. The Morgan fingerprint density at radius 2 is 2.08 bits per heavy atom. The maximum Gasteiger partial charge on any atom is 0.323 e. The first-order valence-electron chi connectivity index (χ1n) is 7.35. The third-order valence-electron chi connectivity index (χ3n) is 3.22. The van der Waals surface area contributed by atoms with Crippen LogP contribution in [-0.4, -0.2) is 48.7 Å². The first kappa shape index (κ1) is 18.0. The summed E-state index contributed by atoms with van der Waals surface area (Å²) in [5.74, 6) is -0.864. The SMILES string of the molecule is COCCN(CC(=O)O)C(=O)c1cccc(OCc2cccs2)c1. The monoisotopic (exact) mass is 349 g/mol. The fraction of sp³-hybridized carbons (Fsp3) is 0.294. The number of amides is 1. The Kier molecular flexibility index (Phi) is 6.77. The zero-order valence-corrected chi connectivity index (χ0v) is 14.1. The van der Waals surface area contributed by atoms with Gasteiger partial charge in [-0.3, -0.25) is 9.59 Å². The minimum absolute atomic E-state index is 0.210. The number of carboxylic acid groups (broad SMARTS) is 1. The lowest BCUT2D eigenvalue weighted by Gasteiger charge is -2.20. The molecule has 2 aromatic rings. The summed E-state index contributed by atoms with van der Waals surface area (Å²) < 4.78 is 10.6. The van der Waals surface area contributed by atoms with E-state index in [1.54, 1.807) is 35.6 Å². The molecule has 0 spiro atoms. The fourth-order valence-corrected chi connectivity index (χ4v) is 2.68. The highest BCUT2D eigenvalue weighted by molar-refractivity contribution is 7.09. The molecule has 7 heteroatoms. The van der Waals surface area contributed by atoms with Crippen molar-refractivity contribution in [3.05, 3.63) is 52.2 Å². The lowest BCUT2D eigenvalue weighted by molar-refractivity contribution is -0.137.